The van der Waals surface area contributed by atoms with Crippen LogP contribution in [0.2, 0.25) is 0 Å². The number of benzene rings is 1. The molecule has 0 fully saturated rings. The molecule has 0 aliphatic rings. The van der Waals surface area contributed by atoms with Crippen molar-refractivity contribution in [3.8, 4) is 0 Å². The highest BCUT2D eigenvalue weighted by Crippen LogP contribution is 2.23. The summed E-state index contributed by atoms with van der Waals surface area (Å²) < 4.78 is 5.64. The Morgan fingerprint density at radius 1 is 1.29 bits per heavy atom. The standard InChI is InChI=1S/C15H17NO/c1-3-4-9-17-12(2)15-11-16-10-13-7-5-6-8-14(13)15/h5-8,10-11H,2-4,9H2,1H3. The van der Waals surface area contributed by atoms with E-state index in [9.17, 15) is 0 Å². The van der Waals surface area contributed by atoms with Crippen molar-refractivity contribution in [1.82, 2.24) is 4.98 Å². The molecular formula is C15H17NO. The summed E-state index contributed by atoms with van der Waals surface area (Å²) in [5.74, 6) is 0.711. The average Bonchev–Trinajstić information content (AvgIpc) is 2.38. The maximum absolute atomic E-state index is 5.64. The van der Waals surface area contributed by atoms with E-state index in [1.165, 1.54) is 0 Å². The summed E-state index contributed by atoms with van der Waals surface area (Å²) in [6.07, 6.45) is 5.85. The number of pyridine rings is 1. The van der Waals surface area contributed by atoms with Crippen LogP contribution in [0.4, 0.5) is 0 Å². The number of rotatable bonds is 5. The van der Waals surface area contributed by atoms with Crippen LogP contribution >= 0.6 is 0 Å². The van der Waals surface area contributed by atoms with Crippen molar-refractivity contribution in [3.63, 3.8) is 0 Å². The van der Waals surface area contributed by atoms with E-state index >= 15 is 0 Å². The predicted octanol–water partition coefficient (Wildman–Crippen LogP) is 4.02. The van der Waals surface area contributed by atoms with Crippen molar-refractivity contribution in [2.45, 2.75) is 19.8 Å². The smallest absolute Gasteiger partial charge is 0.121 e. The van der Waals surface area contributed by atoms with Crippen LogP contribution in [0, 0.1) is 0 Å². The van der Waals surface area contributed by atoms with E-state index in [0.717, 1.165) is 35.8 Å². The Morgan fingerprint density at radius 2 is 2.12 bits per heavy atom. The van der Waals surface area contributed by atoms with Crippen LogP contribution in [-0.2, 0) is 4.74 Å². The first-order valence-electron chi connectivity index (χ1n) is 5.97. The highest BCUT2D eigenvalue weighted by Gasteiger charge is 2.05. The second kappa shape index (κ2) is 5.48. The molecule has 0 aliphatic heterocycles. The van der Waals surface area contributed by atoms with Crippen molar-refractivity contribution in [2.24, 2.45) is 0 Å². The molecule has 2 heteroatoms. The summed E-state index contributed by atoms with van der Waals surface area (Å²) in [5.41, 5.74) is 0.985. The SMILES string of the molecule is C=C(OCCCC)c1cncc2ccccc12. The van der Waals surface area contributed by atoms with Gasteiger partial charge in [0.05, 0.1) is 6.61 Å². The Morgan fingerprint density at radius 3 is 2.94 bits per heavy atom. The van der Waals surface area contributed by atoms with Gasteiger partial charge < -0.3 is 4.74 Å². The summed E-state index contributed by atoms with van der Waals surface area (Å²) in [6.45, 7) is 6.85. The fraction of sp³-hybridized carbons (Fsp3) is 0.267. The molecule has 0 saturated heterocycles. The van der Waals surface area contributed by atoms with E-state index in [4.69, 9.17) is 4.74 Å². The number of hydrogen-bond donors (Lipinski definition) is 0. The zero-order valence-electron chi connectivity index (χ0n) is 10.1. The maximum Gasteiger partial charge on any atom is 0.121 e. The molecule has 1 aromatic heterocycles. The Labute approximate surface area is 102 Å². The first-order valence-corrected chi connectivity index (χ1v) is 5.97. The van der Waals surface area contributed by atoms with Crippen molar-refractivity contribution in [3.05, 3.63) is 48.8 Å². The van der Waals surface area contributed by atoms with Gasteiger partial charge >= 0.3 is 0 Å². The molecule has 17 heavy (non-hydrogen) atoms. The lowest BCUT2D eigenvalue weighted by atomic mass is 10.1. The molecule has 1 aromatic carbocycles. The summed E-state index contributed by atoms with van der Waals surface area (Å²) in [7, 11) is 0. The topological polar surface area (TPSA) is 22.1 Å². The van der Waals surface area contributed by atoms with Crippen LogP contribution in [0.25, 0.3) is 16.5 Å². The molecule has 0 amide bonds. The highest BCUT2D eigenvalue weighted by atomic mass is 16.5. The fourth-order valence-electron chi connectivity index (χ4n) is 1.76. The van der Waals surface area contributed by atoms with Gasteiger partial charge in [-0.3, -0.25) is 4.98 Å². The second-order valence-corrected chi connectivity index (χ2v) is 4.03. The monoisotopic (exact) mass is 227 g/mol. The Balaban J connectivity index is 2.26. The van der Waals surface area contributed by atoms with Gasteiger partial charge in [0.2, 0.25) is 0 Å². The molecule has 88 valence electrons. The van der Waals surface area contributed by atoms with Gasteiger partial charge in [0, 0.05) is 23.3 Å². The van der Waals surface area contributed by atoms with Gasteiger partial charge in [-0.15, -0.1) is 0 Å². The van der Waals surface area contributed by atoms with E-state index in [-0.39, 0.29) is 0 Å². The molecule has 0 radical (unpaired) electrons. The third kappa shape index (κ3) is 2.64. The van der Waals surface area contributed by atoms with Crippen LogP contribution in [-0.4, -0.2) is 11.6 Å². The van der Waals surface area contributed by atoms with E-state index < -0.39 is 0 Å². The van der Waals surface area contributed by atoms with Gasteiger partial charge in [-0.25, -0.2) is 0 Å². The number of unbranched alkanes of at least 4 members (excludes halogenated alkanes) is 1. The number of fused-ring (bicyclic) bond motifs is 1. The molecule has 2 nitrogen and oxygen atoms in total. The third-order valence-electron chi connectivity index (χ3n) is 2.74. The molecule has 0 N–H and O–H groups in total. The molecule has 2 rings (SSSR count). The maximum atomic E-state index is 5.64. The lowest BCUT2D eigenvalue weighted by Gasteiger charge is -2.10. The van der Waals surface area contributed by atoms with Crippen molar-refractivity contribution in [1.29, 1.82) is 0 Å². The van der Waals surface area contributed by atoms with Gasteiger partial charge in [0.1, 0.15) is 5.76 Å². The van der Waals surface area contributed by atoms with Gasteiger partial charge in [-0.05, 0) is 11.8 Å². The third-order valence-corrected chi connectivity index (χ3v) is 2.74. The number of hydrogen-bond acceptors (Lipinski definition) is 2. The normalized spacial score (nSPS) is 10.4. The minimum Gasteiger partial charge on any atom is -0.494 e. The first kappa shape index (κ1) is 11.6. The van der Waals surface area contributed by atoms with E-state index in [0.29, 0.717) is 5.76 Å². The lowest BCUT2D eigenvalue weighted by Crippen LogP contribution is -1.95. The molecule has 0 bridgehead atoms. The Hall–Kier alpha value is -1.83. The lowest BCUT2D eigenvalue weighted by molar-refractivity contribution is 0.271. The van der Waals surface area contributed by atoms with Crippen LogP contribution in [0.1, 0.15) is 25.3 Å². The molecule has 0 unspecified atom stereocenters. The van der Waals surface area contributed by atoms with E-state index in [1.54, 1.807) is 0 Å². The van der Waals surface area contributed by atoms with Crippen LogP contribution < -0.4 is 0 Å². The van der Waals surface area contributed by atoms with E-state index in [2.05, 4.69) is 24.6 Å². The second-order valence-electron chi connectivity index (χ2n) is 4.03. The van der Waals surface area contributed by atoms with Crippen LogP contribution in [0.3, 0.4) is 0 Å². The molecule has 0 aliphatic carbocycles. The zero-order chi connectivity index (χ0) is 12.1. The number of aromatic nitrogens is 1. The van der Waals surface area contributed by atoms with Crippen LogP contribution in [0.5, 0.6) is 0 Å². The molecule has 0 saturated carbocycles. The summed E-state index contributed by atoms with van der Waals surface area (Å²) in [4.78, 5) is 4.22. The quantitative estimate of drug-likeness (QED) is 0.568. The predicted molar refractivity (Wildman–Crippen MR) is 71.6 cm³/mol. The summed E-state index contributed by atoms with van der Waals surface area (Å²) in [6, 6.07) is 8.14. The number of ether oxygens (including phenoxy) is 1. The average molecular weight is 227 g/mol. The Kier molecular flexibility index (Phi) is 3.76. The van der Waals surface area contributed by atoms with Gasteiger partial charge in [-0.1, -0.05) is 44.2 Å². The molecule has 2 aromatic rings. The summed E-state index contributed by atoms with van der Waals surface area (Å²) >= 11 is 0. The molecular weight excluding hydrogens is 210 g/mol. The minimum atomic E-state index is 0.711. The fourth-order valence-corrected chi connectivity index (χ4v) is 1.76. The van der Waals surface area contributed by atoms with Gasteiger partial charge in [-0.2, -0.15) is 0 Å². The largest absolute Gasteiger partial charge is 0.494 e. The van der Waals surface area contributed by atoms with Gasteiger partial charge in [0.25, 0.3) is 0 Å². The van der Waals surface area contributed by atoms with E-state index in [1.807, 2.05) is 30.6 Å². The van der Waals surface area contributed by atoms with Crippen LogP contribution in [0.15, 0.2) is 43.2 Å². The Bertz CT molecular complexity index is 514. The van der Waals surface area contributed by atoms with Gasteiger partial charge in [0.15, 0.2) is 0 Å². The zero-order valence-corrected chi connectivity index (χ0v) is 10.1. The van der Waals surface area contributed by atoms with Crippen molar-refractivity contribution < 1.29 is 4.74 Å². The minimum absolute atomic E-state index is 0.711. The number of nitrogens with zero attached hydrogens (tertiary/aromatic N) is 1. The summed E-state index contributed by atoms with van der Waals surface area (Å²) in [5, 5.41) is 2.26. The van der Waals surface area contributed by atoms with Crippen molar-refractivity contribution >= 4 is 16.5 Å². The first-order chi connectivity index (χ1) is 8.33. The molecule has 0 atom stereocenters. The highest BCUT2D eigenvalue weighted by molar-refractivity contribution is 5.91. The molecule has 1 heterocycles. The van der Waals surface area contributed by atoms with Crippen molar-refractivity contribution in [2.75, 3.05) is 6.61 Å². The molecule has 0 spiro atoms.